The van der Waals surface area contributed by atoms with Crippen LogP contribution in [-0.4, -0.2) is 11.5 Å². The van der Waals surface area contributed by atoms with Crippen molar-refractivity contribution in [1.82, 2.24) is 4.98 Å². The third-order valence-electron chi connectivity index (χ3n) is 2.80. The Labute approximate surface area is 90.7 Å². The second-order valence-corrected chi connectivity index (χ2v) is 5.01. The van der Waals surface area contributed by atoms with Crippen molar-refractivity contribution < 1.29 is 4.39 Å². The Morgan fingerprint density at radius 1 is 1.33 bits per heavy atom. The lowest BCUT2D eigenvalue weighted by atomic mass is 9.74. The highest BCUT2D eigenvalue weighted by molar-refractivity contribution is 5.25. The number of alkyl halides is 1. The van der Waals surface area contributed by atoms with E-state index in [-0.39, 0.29) is 6.54 Å². The van der Waals surface area contributed by atoms with Crippen LogP contribution in [0.3, 0.4) is 0 Å². The van der Waals surface area contributed by atoms with Gasteiger partial charge < -0.3 is 5.73 Å². The maximum absolute atomic E-state index is 14.8. The van der Waals surface area contributed by atoms with Crippen LogP contribution in [0.5, 0.6) is 0 Å². The number of aryl methyl sites for hydroxylation is 1. The number of nitrogens with two attached hydrogens (primary N) is 1. The highest BCUT2D eigenvalue weighted by Crippen LogP contribution is 2.41. The molecule has 1 rings (SSSR count). The number of aromatic nitrogens is 1. The molecule has 15 heavy (non-hydrogen) atoms. The van der Waals surface area contributed by atoms with Crippen molar-refractivity contribution >= 4 is 0 Å². The molecule has 0 fully saturated rings. The van der Waals surface area contributed by atoms with Gasteiger partial charge >= 0.3 is 0 Å². The normalized spacial score (nSPS) is 16.1. The van der Waals surface area contributed by atoms with E-state index < -0.39 is 11.1 Å². The molecule has 0 aliphatic heterocycles. The van der Waals surface area contributed by atoms with E-state index in [0.717, 1.165) is 5.56 Å². The molecule has 1 aromatic rings. The van der Waals surface area contributed by atoms with Crippen LogP contribution in [0.15, 0.2) is 18.5 Å². The van der Waals surface area contributed by atoms with Gasteiger partial charge in [0.25, 0.3) is 0 Å². The van der Waals surface area contributed by atoms with Crippen molar-refractivity contribution in [2.45, 2.75) is 33.4 Å². The maximum atomic E-state index is 14.8. The fraction of sp³-hybridized carbons (Fsp3) is 0.583. The van der Waals surface area contributed by atoms with Crippen LogP contribution in [0.25, 0.3) is 0 Å². The summed E-state index contributed by atoms with van der Waals surface area (Å²) in [6.07, 6.45) is 3.27. The average molecular weight is 210 g/mol. The summed E-state index contributed by atoms with van der Waals surface area (Å²) >= 11 is 0. The lowest BCUT2D eigenvalue weighted by Crippen LogP contribution is -2.42. The van der Waals surface area contributed by atoms with Gasteiger partial charge in [-0.15, -0.1) is 0 Å². The van der Waals surface area contributed by atoms with Crippen molar-refractivity contribution in [3.63, 3.8) is 0 Å². The highest BCUT2D eigenvalue weighted by Gasteiger charge is 2.43. The molecule has 1 atom stereocenters. The number of nitrogens with zero attached hydrogens (tertiary/aromatic N) is 1. The lowest BCUT2D eigenvalue weighted by molar-refractivity contribution is 0.0339. The Morgan fingerprint density at radius 3 is 2.33 bits per heavy atom. The highest BCUT2D eigenvalue weighted by atomic mass is 19.1. The molecule has 0 amide bonds. The summed E-state index contributed by atoms with van der Waals surface area (Å²) in [6, 6.07) is 1.81. The summed E-state index contributed by atoms with van der Waals surface area (Å²) in [5.74, 6) is 0. The summed E-state index contributed by atoms with van der Waals surface area (Å²) in [5, 5.41) is 0. The van der Waals surface area contributed by atoms with E-state index in [1.54, 1.807) is 12.4 Å². The molecule has 2 N–H and O–H groups in total. The zero-order chi connectivity index (χ0) is 11.7. The third kappa shape index (κ3) is 2.17. The van der Waals surface area contributed by atoms with Gasteiger partial charge in [0.15, 0.2) is 5.67 Å². The van der Waals surface area contributed by atoms with Gasteiger partial charge in [0.05, 0.1) is 0 Å². The first-order valence-electron chi connectivity index (χ1n) is 5.12. The molecule has 0 spiro atoms. The van der Waals surface area contributed by atoms with Gasteiger partial charge in [-0.25, -0.2) is 4.39 Å². The number of hydrogen-bond acceptors (Lipinski definition) is 2. The quantitative estimate of drug-likeness (QED) is 0.814. The molecule has 1 heterocycles. The minimum Gasteiger partial charge on any atom is -0.327 e. The molecule has 0 radical (unpaired) electrons. The lowest BCUT2D eigenvalue weighted by Gasteiger charge is -2.37. The first-order chi connectivity index (χ1) is 6.81. The molecular formula is C12H19FN2. The molecule has 3 heteroatoms. The van der Waals surface area contributed by atoms with Crippen LogP contribution in [0.2, 0.25) is 0 Å². The van der Waals surface area contributed by atoms with E-state index in [4.69, 9.17) is 5.73 Å². The van der Waals surface area contributed by atoms with E-state index in [1.165, 1.54) is 0 Å². The molecular weight excluding hydrogens is 191 g/mol. The number of rotatable bonds is 2. The smallest absolute Gasteiger partial charge is 0.154 e. The van der Waals surface area contributed by atoms with Crippen LogP contribution in [0.4, 0.5) is 4.39 Å². The largest absolute Gasteiger partial charge is 0.327 e. The van der Waals surface area contributed by atoms with E-state index in [1.807, 2.05) is 33.8 Å². The van der Waals surface area contributed by atoms with E-state index in [2.05, 4.69) is 4.98 Å². The summed E-state index contributed by atoms with van der Waals surface area (Å²) in [7, 11) is 0. The van der Waals surface area contributed by atoms with Crippen molar-refractivity contribution in [2.24, 2.45) is 11.1 Å². The van der Waals surface area contributed by atoms with Gasteiger partial charge in [-0.1, -0.05) is 20.8 Å². The van der Waals surface area contributed by atoms with Gasteiger partial charge in [0.2, 0.25) is 0 Å². The molecule has 0 aliphatic carbocycles. The molecule has 0 saturated heterocycles. The van der Waals surface area contributed by atoms with Gasteiger partial charge in [-0.2, -0.15) is 0 Å². The summed E-state index contributed by atoms with van der Waals surface area (Å²) in [5.41, 5.74) is 5.04. The summed E-state index contributed by atoms with van der Waals surface area (Å²) in [6.45, 7) is 7.42. The number of pyridine rings is 1. The van der Waals surface area contributed by atoms with Crippen molar-refractivity contribution in [1.29, 1.82) is 0 Å². The third-order valence-corrected chi connectivity index (χ3v) is 2.80. The van der Waals surface area contributed by atoms with E-state index in [0.29, 0.717) is 5.56 Å². The van der Waals surface area contributed by atoms with Crippen LogP contribution in [-0.2, 0) is 5.67 Å². The monoisotopic (exact) mass is 210 g/mol. The average Bonchev–Trinajstić information content (AvgIpc) is 2.14. The first kappa shape index (κ1) is 12.1. The molecule has 0 aromatic carbocycles. The summed E-state index contributed by atoms with van der Waals surface area (Å²) in [4.78, 5) is 4.02. The topological polar surface area (TPSA) is 38.9 Å². The molecule has 1 unspecified atom stereocenters. The van der Waals surface area contributed by atoms with Crippen LogP contribution < -0.4 is 5.73 Å². The fourth-order valence-corrected chi connectivity index (χ4v) is 1.63. The Hall–Kier alpha value is -0.960. The molecule has 1 aromatic heterocycles. The molecule has 84 valence electrons. The molecule has 0 bridgehead atoms. The van der Waals surface area contributed by atoms with Gasteiger partial charge in [-0.3, -0.25) is 4.98 Å². The predicted octanol–water partition coefficient (Wildman–Crippen LogP) is 2.56. The van der Waals surface area contributed by atoms with E-state index in [9.17, 15) is 4.39 Å². The van der Waals surface area contributed by atoms with Gasteiger partial charge in [0.1, 0.15) is 0 Å². The van der Waals surface area contributed by atoms with E-state index >= 15 is 0 Å². The number of halogens is 1. The fourth-order valence-electron chi connectivity index (χ4n) is 1.63. The predicted molar refractivity (Wildman–Crippen MR) is 60.3 cm³/mol. The van der Waals surface area contributed by atoms with Crippen molar-refractivity contribution in [3.8, 4) is 0 Å². The Bertz CT molecular complexity index is 344. The number of hydrogen-bond donors (Lipinski definition) is 1. The minimum atomic E-state index is -1.52. The Balaban J connectivity index is 3.23. The Morgan fingerprint density at radius 2 is 1.93 bits per heavy atom. The second-order valence-electron chi connectivity index (χ2n) is 5.01. The second kappa shape index (κ2) is 3.89. The summed E-state index contributed by atoms with van der Waals surface area (Å²) < 4.78 is 14.8. The maximum Gasteiger partial charge on any atom is 0.154 e. The standard InChI is InChI=1S/C12H19FN2/c1-9-5-10(7-15-6-9)12(13,8-14)11(2,3)4/h5-7H,8,14H2,1-4H3. The van der Waals surface area contributed by atoms with Crippen LogP contribution in [0, 0.1) is 12.3 Å². The van der Waals surface area contributed by atoms with Crippen molar-refractivity contribution in [2.75, 3.05) is 6.54 Å². The zero-order valence-corrected chi connectivity index (χ0v) is 9.84. The minimum absolute atomic E-state index is 0.0262. The van der Waals surface area contributed by atoms with Crippen LogP contribution >= 0.6 is 0 Å². The molecule has 2 nitrogen and oxygen atoms in total. The Kier molecular flexibility index (Phi) is 3.14. The SMILES string of the molecule is Cc1cncc(C(F)(CN)C(C)(C)C)c1. The van der Waals surface area contributed by atoms with Crippen LogP contribution in [0.1, 0.15) is 31.9 Å². The van der Waals surface area contributed by atoms with Crippen molar-refractivity contribution in [3.05, 3.63) is 29.6 Å². The van der Waals surface area contributed by atoms with Gasteiger partial charge in [-0.05, 0) is 18.6 Å². The zero-order valence-electron chi connectivity index (χ0n) is 9.84. The molecule has 0 aliphatic rings. The first-order valence-corrected chi connectivity index (χ1v) is 5.12. The van der Waals surface area contributed by atoms with Gasteiger partial charge in [0, 0.05) is 29.9 Å². The molecule has 0 saturated carbocycles.